The van der Waals surface area contributed by atoms with E-state index in [0.717, 1.165) is 0 Å². The first kappa shape index (κ1) is 17.3. The normalized spacial score (nSPS) is 11.0. The molecule has 0 N–H and O–H groups in total. The lowest BCUT2D eigenvalue weighted by Gasteiger charge is -2.12. The van der Waals surface area contributed by atoms with Crippen molar-refractivity contribution in [3.8, 4) is 28.5 Å². The van der Waals surface area contributed by atoms with Crippen LogP contribution in [0.5, 0.6) is 0 Å². The molecule has 0 aliphatic rings. The minimum Gasteiger partial charge on any atom is -0.338 e. The van der Waals surface area contributed by atoms with Crippen LogP contribution in [-0.2, 0) is 6.54 Å². The van der Waals surface area contributed by atoms with Crippen LogP contribution in [0.2, 0.25) is 0 Å². The van der Waals surface area contributed by atoms with Gasteiger partial charge < -0.3 is 4.57 Å². The third-order valence-corrected chi connectivity index (χ3v) is 5.50. The molecule has 1 aromatic heterocycles. The predicted molar refractivity (Wildman–Crippen MR) is 121 cm³/mol. The number of aromatic nitrogens is 1. The predicted octanol–water partition coefficient (Wildman–Crippen LogP) is 7.04. The topological polar surface area (TPSA) is 28.7 Å². The van der Waals surface area contributed by atoms with E-state index < -0.39 is 0 Å². The van der Waals surface area contributed by atoms with Gasteiger partial charge in [-0.2, -0.15) is 5.26 Å². The summed E-state index contributed by atoms with van der Waals surface area (Å²) in [7, 11) is 0. The van der Waals surface area contributed by atoms with Gasteiger partial charge in [0, 0.05) is 22.9 Å². The van der Waals surface area contributed by atoms with Crippen LogP contribution in [0.1, 0.15) is 6.42 Å². The van der Waals surface area contributed by atoms with Crippen LogP contribution in [0.15, 0.2) is 97.1 Å². The Morgan fingerprint density at radius 2 is 1.31 bits per heavy atom. The van der Waals surface area contributed by atoms with Crippen molar-refractivity contribution in [2.75, 3.05) is 0 Å². The zero-order valence-corrected chi connectivity index (χ0v) is 16.0. The molecule has 1 heterocycles. The van der Waals surface area contributed by atoms with Crippen LogP contribution in [0.25, 0.3) is 44.1 Å². The van der Waals surface area contributed by atoms with Gasteiger partial charge in [0.05, 0.1) is 23.7 Å². The minimum absolute atomic E-state index is 0.473. The molecule has 2 nitrogen and oxygen atoms in total. The maximum atomic E-state index is 9.33. The largest absolute Gasteiger partial charge is 0.338 e. The van der Waals surface area contributed by atoms with E-state index in [4.69, 9.17) is 0 Å². The second kappa shape index (κ2) is 7.30. The van der Waals surface area contributed by atoms with Crippen molar-refractivity contribution in [3.05, 3.63) is 97.1 Å². The second-order valence-corrected chi connectivity index (χ2v) is 7.20. The number of benzene rings is 4. The summed E-state index contributed by atoms with van der Waals surface area (Å²) in [6.45, 7) is 0.665. The van der Waals surface area contributed by atoms with Gasteiger partial charge in [0.2, 0.25) is 0 Å². The molecule has 0 bridgehead atoms. The average Bonchev–Trinajstić information content (AvgIpc) is 3.13. The van der Waals surface area contributed by atoms with Crippen molar-refractivity contribution in [2.45, 2.75) is 13.0 Å². The summed E-state index contributed by atoms with van der Waals surface area (Å²) in [5.74, 6) is 0. The maximum Gasteiger partial charge on any atom is 0.0640 e. The molecule has 0 amide bonds. The number of hydrogen-bond donors (Lipinski definition) is 0. The van der Waals surface area contributed by atoms with Gasteiger partial charge in [0.15, 0.2) is 0 Å². The molecule has 5 rings (SSSR count). The first-order valence-corrected chi connectivity index (χ1v) is 9.90. The number of nitriles is 1. The van der Waals surface area contributed by atoms with Crippen molar-refractivity contribution in [2.24, 2.45) is 0 Å². The Bertz CT molecular complexity index is 1340. The van der Waals surface area contributed by atoms with Crippen molar-refractivity contribution in [1.82, 2.24) is 4.57 Å². The molecule has 4 aromatic carbocycles. The maximum absolute atomic E-state index is 9.33. The molecule has 0 aliphatic heterocycles. The van der Waals surface area contributed by atoms with Gasteiger partial charge in [0.25, 0.3) is 0 Å². The fourth-order valence-electron chi connectivity index (χ4n) is 4.30. The molecule has 29 heavy (non-hydrogen) atoms. The summed E-state index contributed by atoms with van der Waals surface area (Å²) >= 11 is 0. The van der Waals surface area contributed by atoms with Crippen LogP contribution in [-0.4, -0.2) is 4.57 Å². The molecule has 0 saturated carbocycles. The molecule has 0 saturated heterocycles. The first-order chi connectivity index (χ1) is 14.4. The molecule has 0 fully saturated rings. The Labute approximate surface area is 170 Å². The van der Waals surface area contributed by atoms with Gasteiger partial charge in [-0.1, -0.05) is 97.1 Å². The molecule has 0 spiro atoms. The Morgan fingerprint density at radius 3 is 2.03 bits per heavy atom. The standard InChI is InChI=1S/C27H20N2/c28-18-9-19-29-26(22-13-5-2-6-14-22)25(21-11-3-1-4-12-21)24-17-16-20-10-7-8-15-23(20)27(24)29/h1-8,10-17H,9,19H2. The summed E-state index contributed by atoms with van der Waals surface area (Å²) in [4.78, 5) is 0. The molecule has 5 aromatic rings. The van der Waals surface area contributed by atoms with E-state index in [9.17, 15) is 5.26 Å². The van der Waals surface area contributed by atoms with Crippen LogP contribution in [0.4, 0.5) is 0 Å². The minimum atomic E-state index is 0.473. The fourth-order valence-corrected chi connectivity index (χ4v) is 4.30. The highest BCUT2D eigenvalue weighted by atomic mass is 15.0. The molecule has 0 aliphatic carbocycles. The number of nitrogens with zero attached hydrogens (tertiary/aromatic N) is 2. The summed E-state index contributed by atoms with van der Waals surface area (Å²) in [5, 5.41) is 13.0. The number of rotatable bonds is 4. The Kier molecular flexibility index (Phi) is 4.35. The van der Waals surface area contributed by atoms with E-state index in [1.807, 2.05) is 6.07 Å². The van der Waals surface area contributed by atoms with E-state index >= 15 is 0 Å². The molecular weight excluding hydrogens is 352 g/mol. The molecule has 0 atom stereocenters. The van der Waals surface area contributed by atoms with Gasteiger partial charge >= 0.3 is 0 Å². The van der Waals surface area contributed by atoms with E-state index in [-0.39, 0.29) is 0 Å². The van der Waals surface area contributed by atoms with Crippen molar-refractivity contribution in [1.29, 1.82) is 5.26 Å². The van der Waals surface area contributed by atoms with Gasteiger partial charge in [-0.25, -0.2) is 0 Å². The SMILES string of the molecule is N#CCCn1c(-c2ccccc2)c(-c2ccccc2)c2ccc3ccccc3c21. The highest BCUT2D eigenvalue weighted by Crippen LogP contribution is 2.43. The first-order valence-electron chi connectivity index (χ1n) is 9.90. The van der Waals surface area contributed by atoms with E-state index in [1.165, 1.54) is 44.1 Å². The van der Waals surface area contributed by atoms with Gasteiger partial charge in [-0.15, -0.1) is 0 Å². The summed E-state index contributed by atoms with van der Waals surface area (Å²) in [6.07, 6.45) is 0.473. The van der Waals surface area contributed by atoms with Crippen LogP contribution in [0.3, 0.4) is 0 Å². The van der Waals surface area contributed by atoms with E-state index in [2.05, 4.69) is 102 Å². The molecule has 138 valence electrons. The molecular formula is C27H20N2. The van der Waals surface area contributed by atoms with E-state index in [0.29, 0.717) is 13.0 Å². The molecule has 2 heteroatoms. The third kappa shape index (κ3) is 2.88. The van der Waals surface area contributed by atoms with Crippen molar-refractivity contribution < 1.29 is 0 Å². The Morgan fingerprint density at radius 1 is 0.655 bits per heavy atom. The highest BCUT2D eigenvalue weighted by Gasteiger charge is 2.21. The Hall–Kier alpha value is -3.83. The lowest BCUT2D eigenvalue weighted by molar-refractivity contribution is 0.753. The zero-order chi connectivity index (χ0) is 19.6. The summed E-state index contributed by atoms with van der Waals surface area (Å²) < 4.78 is 2.35. The quantitative estimate of drug-likeness (QED) is 0.332. The van der Waals surface area contributed by atoms with Gasteiger partial charge in [-0.05, 0) is 16.5 Å². The average molecular weight is 372 g/mol. The Balaban J connectivity index is 1.98. The number of fused-ring (bicyclic) bond motifs is 3. The fraction of sp³-hybridized carbons (Fsp3) is 0.0741. The lowest BCUT2D eigenvalue weighted by atomic mass is 9.97. The van der Waals surface area contributed by atoms with Gasteiger partial charge in [0.1, 0.15) is 0 Å². The van der Waals surface area contributed by atoms with Crippen molar-refractivity contribution >= 4 is 21.7 Å². The highest BCUT2D eigenvalue weighted by molar-refractivity contribution is 6.15. The van der Waals surface area contributed by atoms with Crippen molar-refractivity contribution in [3.63, 3.8) is 0 Å². The summed E-state index contributed by atoms with van der Waals surface area (Å²) in [6, 6.07) is 36.4. The zero-order valence-electron chi connectivity index (χ0n) is 16.0. The monoisotopic (exact) mass is 372 g/mol. The van der Waals surface area contributed by atoms with Gasteiger partial charge in [-0.3, -0.25) is 0 Å². The van der Waals surface area contributed by atoms with Crippen LogP contribution >= 0.6 is 0 Å². The smallest absolute Gasteiger partial charge is 0.0640 e. The van der Waals surface area contributed by atoms with Crippen LogP contribution < -0.4 is 0 Å². The van der Waals surface area contributed by atoms with Crippen LogP contribution in [0, 0.1) is 11.3 Å². The molecule has 0 unspecified atom stereocenters. The van der Waals surface area contributed by atoms with E-state index in [1.54, 1.807) is 0 Å². The third-order valence-electron chi connectivity index (χ3n) is 5.50. The number of hydrogen-bond acceptors (Lipinski definition) is 1. The molecule has 0 radical (unpaired) electrons. The summed E-state index contributed by atoms with van der Waals surface area (Å²) in [5.41, 5.74) is 5.98. The lowest BCUT2D eigenvalue weighted by Crippen LogP contribution is -2.00. The number of aryl methyl sites for hydroxylation is 1. The second-order valence-electron chi connectivity index (χ2n) is 7.20.